The van der Waals surface area contributed by atoms with E-state index in [0.717, 1.165) is 32.1 Å². The molecule has 23 heavy (non-hydrogen) atoms. The molecule has 4 heteroatoms. The van der Waals surface area contributed by atoms with Crippen molar-refractivity contribution in [1.82, 2.24) is 0 Å². The minimum atomic E-state index is -0.154. The number of phenolic OH excluding ortho intramolecular Hbond substituents is 1. The maximum Gasteiger partial charge on any atom is 0.115 e. The molecule has 3 aliphatic carbocycles. The lowest BCUT2D eigenvalue weighted by molar-refractivity contribution is -0.0283. The zero-order chi connectivity index (χ0) is 16.2. The highest BCUT2D eigenvalue weighted by Crippen LogP contribution is 2.62. The molecule has 126 valence electrons. The number of hydrogen-bond donors (Lipinski definition) is 3. The fourth-order valence-electron chi connectivity index (χ4n) is 5.96. The Balaban J connectivity index is 1.74. The number of nitrogens with two attached hydrogens (primary N) is 1. The van der Waals surface area contributed by atoms with Crippen molar-refractivity contribution in [3.8, 4) is 5.75 Å². The molecule has 2 saturated carbocycles. The average molecular weight is 317 g/mol. The molecule has 0 radical (unpaired) electrons. The van der Waals surface area contributed by atoms with E-state index >= 15 is 0 Å². The Hall–Kier alpha value is -1.10. The minimum absolute atomic E-state index is 0.0731. The summed E-state index contributed by atoms with van der Waals surface area (Å²) in [5.74, 6) is 7.65. The predicted octanol–water partition coefficient (Wildman–Crippen LogP) is 3.04. The molecule has 2 fully saturated rings. The Labute approximate surface area is 137 Å². The fourth-order valence-corrected chi connectivity index (χ4v) is 5.96. The van der Waals surface area contributed by atoms with Crippen LogP contribution in [0.5, 0.6) is 5.75 Å². The van der Waals surface area contributed by atoms with E-state index in [1.807, 2.05) is 6.07 Å². The number of fused-ring (bicyclic) bond motifs is 5. The molecule has 0 aliphatic heterocycles. The monoisotopic (exact) mass is 317 g/mol. The van der Waals surface area contributed by atoms with Crippen molar-refractivity contribution in [1.29, 1.82) is 0 Å². The number of benzene rings is 1. The predicted molar refractivity (Wildman–Crippen MR) is 87.9 cm³/mol. The summed E-state index contributed by atoms with van der Waals surface area (Å²) in [4.78, 5) is 4.98. The van der Waals surface area contributed by atoms with Gasteiger partial charge in [0, 0.05) is 5.92 Å². The molecular formula is C19H27NO3. The number of phenols is 1. The van der Waals surface area contributed by atoms with Crippen molar-refractivity contribution in [2.24, 2.45) is 23.1 Å². The van der Waals surface area contributed by atoms with E-state index in [2.05, 4.69) is 13.0 Å². The lowest BCUT2D eigenvalue weighted by Crippen LogP contribution is -2.44. The van der Waals surface area contributed by atoms with Crippen LogP contribution >= 0.6 is 0 Å². The van der Waals surface area contributed by atoms with Gasteiger partial charge >= 0.3 is 0 Å². The molecule has 1 aromatic carbocycles. The van der Waals surface area contributed by atoms with Crippen molar-refractivity contribution in [2.75, 3.05) is 6.61 Å². The van der Waals surface area contributed by atoms with E-state index in [0.29, 0.717) is 30.1 Å². The van der Waals surface area contributed by atoms with Crippen molar-refractivity contribution >= 4 is 0 Å². The number of aliphatic hydroxyl groups excluding tert-OH is 1. The molecule has 4 rings (SSSR count). The summed E-state index contributed by atoms with van der Waals surface area (Å²) in [6.45, 7) is 2.78. The van der Waals surface area contributed by atoms with Crippen molar-refractivity contribution in [3.63, 3.8) is 0 Å². The van der Waals surface area contributed by atoms with Crippen LogP contribution in [0.2, 0.25) is 0 Å². The van der Waals surface area contributed by atoms with Gasteiger partial charge in [-0.1, -0.05) is 13.0 Å². The molecule has 6 atom stereocenters. The first-order valence-electron chi connectivity index (χ1n) is 8.87. The summed E-state index contributed by atoms with van der Waals surface area (Å²) >= 11 is 0. The summed E-state index contributed by atoms with van der Waals surface area (Å²) in [5.41, 5.74) is 2.65. The van der Waals surface area contributed by atoms with E-state index in [1.165, 1.54) is 11.1 Å². The Morgan fingerprint density at radius 3 is 2.87 bits per heavy atom. The summed E-state index contributed by atoms with van der Waals surface area (Å²) in [6, 6.07) is 5.80. The first kappa shape index (κ1) is 15.4. The van der Waals surface area contributed by atoms with Gasteiger partial charge in [0.2, 0.25) is 0 Å². The lowest BCUT2D eigenvalue weighted by Gasteiger charge is -2.51. The molecule has 4 N–H and O–H groups in total. The molecule has 0 aromatic heterocycles. The van der Waals surface area contributed by atoms with Gasteiger partial charge in [-0.25, -0.2) is 5.90 Å². The van der Waals surface area contributed by atoms with Gasteiger partial charge in [-0.3, -0.25) is 0 Å². The van der Waals surface area contributed by atoms with E-state index in [4.69, 9.17) is 10.7 Å². The zero-order valence-corrected chi connectivity index (χ0v) is 13.7. The molecular weight excluding hydrogens is 290 g/mol. The second-order valence-electron chi connectivity index (χ2n) is 8.09. The first-order valence-corrected chi connectivity index (χ1v) is 8.87. The van der Waals surface area contributed by atoms with Crippen LogP contribution in [0.15, 0.2) is 18.2 Å². The maximum atomic E-state index is 10.5. The van der Waals surface area contributed by atoms with Crippen LogP contribution in [0.25, 0.3) is 0 Å². The number of aromatic hydroxyl groups is 1. The highest BCUT2D eigenvalue weighted by Gasteiger charge is 2.55. The zero-order valence-electron chi connectivity index (χ0n) is 13.7. The van der Waals surface area contributed by atoms with Gasteiger partial charge in [-0.2, -0.15) is 0 Å². The largest absolute Gasteiger partial charge is 0.508 e. The quantitative estimate of drug-likeness (QED) is 0.733. The molecule has 4 nitrogen and oxygen atoms in total. The van der Waals surface area contributed by atoms with Crippen LogP contribution < -0.4 is 5.90 Å². The van der Waals surface area contributed by atoms with E-state index in [9.17, 15) is 10.2 Å². The van der Waals surface area contributed by atoms with Crippen LogP contribution in [0, 0.1) is 17.3 Å². The van der Waals surface area contributed by atoms with Crippen LogP contribution in [0.1, 0.15) is 62.0 Å². The average Bonchev–Trinajstić information content (AvgIpc) is 2.83. The van der Waals surface area contributed by atoms with Gasteiger partial charge < -0.3 is 15.1 Å². The third kappa shape index (κ3) is 2.23. The van der Waals surface area contributed by atoms with Gasteiger partial charge in [-0.15, -0.1) is 0 Å². The van der Waals surface area contributed by atoms with Crippen molar-refractivity contribution in [2.45, 2.75) is 57.0 Å². The molecule has 0 bridgehead atoms. The number of hydrogen-bond acceptors (Lipinski definition) is 4. The van der Waals surface area contributed by atoms with Crippen LogP contribution in [0.3, 0.4) is 0 Å². The summed E-state index contributed by atoms with van der Waals surface area (Å²) in [7, 11) is 0. The summed E-state index contributed by atoms with van der Waals surface area (Å²) in [5, 5.41) is 20.4. The van der Waals surface area contributed by atoms with Gasteiger partial charge in [0.05, 0.1) is 12.7 Å². The molecule has 1 aromatic rings. The SMILES string of the molecule is C[C@]12CC[C@@H]3c4ccc(O)cc4[C@H](CON)C[C@H]3[C@@H]1CCC2O. The van der Waals surface area contributed by atoms with E-state index in [1.54, 1.807) is 6.07 Å². The first-order chi connectivity index (χ1) is 11.0. The van der Waals surface area contributed by atoms with Gasteiger partial charge in [-0.05, 0) is 78.5 Å². The second-order valence-corrected chi connectivity index (χ2v) is 8.09. The highest BCUT2D eigenvalue weighted by atomic mass is 16.6. The van der Waals surface area contributed by atoms with Crippen LogP contribution in [0.4, 0.5) is 0 Å². The minimum Gasteiger partial charge on any atom is -0.508 e. The Morgan fingerprint density at radius 1 is 1.26 bits per heavy atom. The van der Waals surface area contributed by atoms with E-state index in [-0.39, 0.29) is 17.4 Å². The molecule has 3 aliphatic rings. The Kier molecular flexibility index (Phi) is 3.67. The topological polar surface area (TPSA) is 75.7 Å². The van der Waals surface area contributed by atoms with Crippen LogP contribution in [-0.2, 0) is 4.84 Å². The Morgan fingerprint density at radius 2 is 2.09 bits per heavy atom. The highest BCUT2D eigenvalue weighted by molar-refractivity contribution is 5.42. The van der Waals surface area contributed by atoms with Crippen molar-refractivity contribution < 1.29 is 15.1 Å². The molecule has 0 heterocycles. The van der Waals surface area contributed by atoms with Crippen LogP contribution in [-0.4, -0.2) is 22.9 Å². The molecule has 0 spiro atoms. The third-order valence-corrected chi connectivity index (χ3v) is 7.15. The van der Waals surface area contributed by atoms with Gasteiger partial charge in [0.1, 0.15) is 5.75 Å². The normalized spacial score (nSPS) is 42.0. The lowest BCUT2D eigenvalue weighted by atomic mass is 9.54. The summed E-state index contributed by atoms with van der Waals surface area (Å²) < 4.78 is 0. The fraction of sp³-hybridized carbons (Fsp3) is 0.684. The Bertz CT molecular complexity index is 604. The standard InChI is InChI=1S/C19H27NO3/c1-19-7-6-14-13-3-2-12(21)9-15(13)11(10-23-20)8-16(14)17(19)4-5-18(19)22/h2-3,9,11,14,16-18,21-22H,4-8,10,20H2,1H3/t11-,14+,16+,17-,18?,19-/m0/s1. The maximum absolute atomic E-state index is 10.5. The van der Waals surface area contributed by atoms with Gasteiger partial charge in [0.15, 0.2) is 0 Å². The molecule has 0 saturated heterocycles. The second kappa shape index (κ2) is 5.47. The molecule has 0 amide bonds. The van der Waals surface area contributed by atoms with Gasteiger partial charge in [0.25, 0.3) is 0 Å². The van der Waals surface area contributed by atoms with Crippen molar-refractivity contribution in [3.05, 3.63) is 29.3 Å². The summed E-state index contributed by atoms with van der Waals surface area (Å²) in [6.07, 6.45) is 5.18. The van der Waals surface area contributed by atoms with E-state index < -0.39 is 0 Å². The third-order valence-electron chi connectivity index (χ3n) is 7.15. The number of aliphatic hydroxyl groups is 1. The smallest absolute Gasteiger partial charge is 0.115 e. The molecule has 1 unspecified atom stereocenters. The number of rotatable bonds is 2.